The van der Waals surface area contributed by atoms with E-state index in [2.05, 4.69) is 5.32 Å². The monoisotopic (exact) mass is 314 g/mol. The lowest BCUT2D eigenvalue weighted by Gasteiger charge is -2.17. The summed E-state index contributed by atoms with van der Waals surface area (Å²) >= 11 is 0. The molecule has 0 aliphatic carbocycles. The largest absolute Gasteiger partial charge is 0.466 e. The Morgan fingerprint density at radius 3 is 2.61 bits per heavy atom. The third kappa shape index (κ3) is 2.72. The molecule has 2 saturated heterocycles. The van der Waals surface area contributed by atoms with Gasteiger partial charge in [-0.25, -0.2) is 4.79 Å². The summed E-state index contributed by atoms with van der Waals surface area (Å²) in [5.41, 5.74) is 1.54. The first-order valence-electron chi connectivity index (χ1n) is 7.60. The van der Waals surface area contributed by atoms with E-state index in [0.717, 1.165) is 23.6 Å². The summed E-state index contributed by atoms with van der Waals surface area (Å²) in [7, 11) is 1.29. The van der Waals surface area contributed by atoms with Crippen molar-refractivity contribution in [2.75, 3.05) is 18.6 Å². The van der Waals surface area contributed by atoms with Crippen LogP contribution in [0.25, 0.3) is 0 Å². The summed E-state index contributed by atoms with van der Waals surface area (Å²) in [6, 6.07) is 8.76. The Labute approximate surface area is 134 Å². The van der Waals surface area contributed by atoms with Gasteiger partial charge in [-0.2, -0.15) is 0 Å². The third-order valence-corrected chi connectivity index (χ3v) is 4.18. The third-order valence-electron chi connectivity index (χ3n) is 4.18. The van der Waals surface area contributed by atoms with E-state index in [1.54, 1.807) is 24.3 Å². The van der Waals surface area contributed by atoms with Crippen LogP contribution in [0.2, 0.25) is 0 Å². The molecule has 1 N–H and O–H groups in total. The van der Waals surface area contributed by atoms with Crippen LogP contribution in [-0.4, -0.2) is 31.4 Å². The van der Waals surface area contributed by atoms with E-state index in [9.17, 15) is 14.4 Å². The summed E-state index contributed by atoms with van der Waals surface area (Å²) < 4.78 is 4.84. The minimum atomic E-state index is -0.782. The number of hydrogen-bond donors (Lipinski definition) is 1. The number of methoxy groups -OCH3 is 1. The molecule has 23 heavy (non-hydrogen) atoms. The number of hydrogen-bond acceptors (Lipinski definition) is 5. The molecule has 1 unspecified atom stereocenters. The van der Waals surface area contributed by atoms with Gasteiger partial charge in [-0.3, -0.25) is 14.5 Å². The van der Waals surface area contributed by atoms with Gasteiger partial charge < -0.3 is 10.1 Å². The minimum Gasteiger partial charge on any atom is -0.466 e. The number of para-hydroxylation sites is 1. The molecule has 6 nitrogen and oxygen atoms in total. The molecule has 6 heteroatoms. The van der Waals surface area contributed by atoms with Crippen molar-refractivity contribution in [2.24, 2.45) is 5.92 Å². The van der Waals surface area contributed by atoms with Gasteiger partial charge in [-0.1, -0.05) is 18.2 Å². The normalized spacial score (nSPS) is 23.0. The number of nitrogens with zero attached hydrogens (tertiary/aromatic N) is 1. The maximum Gasteiger partial charge on any atom is 0.336 e. The summed E-state index contributed by atoms with van der Waals surface area (Å²) in [6.45, 7) is 0.757. The van der Waals surface area contributed by atoms with Crippen LogP contribution in [0.1, 0.15) is 19.3 Å². The van der Waals surface area contributed by atoms with Crippen molar-refractivity contribution in [1.29, 1.82) is 0 Å². The molecule has 1 atom stereocenters. The number of esters is 1. The number of amides is 2. The smallest absolute Gasteiger partial charge is 0.336 e. The van der Waals surface area contributed by atoms with Crippen LogP contribution in [-0.2, 0) is 19.1 Å². The highest BCUT2D eigenvalue weighted by Gasteiger charge is 2.45. The van der Waals surface area contributed by atoms with Gasteiger partial charge in [0.1, 0.15) is 0 Å². The van der Waals surface area contributed by atoms with Crippen LogP contribution in [0.3, 0.4) is 0 Å². The lowest BCUT2D eigenvalue weighted by molar-refractivity contribution is -0.138. The van der Waals surface area contributed by atoms with E-state index in [1.807, 2.05) is 6.07 Å². The first-order valence-corrected chi connectivity index (χ1v) is 7.60. The second-order valence-corrected chi connectivity index (χ2v) is 5.57. The first kappa shape index (κ1) is 15.3. The van der Waals surface area contributed by atoms with Crippen LogP contribution in [0, 0.1) is 5.92 Å². The number of benzene rings is 1. The van der Waals surface area contributed by atoms with Crippen LogP contribution in [0.4, 0.5) is 5.69 Å². The molecule has 2 amide bonds. The molecule has 2 fully saturated rings. The second-order valence-electron chi connectivity index (χ2n) is 5.57. The molecular weight excluding hydrogens is 296 g/mol. The Kier molecular flexibility index (Phi) is 4.14. The molecule has 0 aromatic heterocycles. The molecule has 2 aliphatic rings. The van der Waals surface area contributed by atoms with Crippen molar-refractivity contribution in [3.8, 4) is 0 Å². The SMILES string of the molecule is COC(=O)/C(=C1\CCCN1)C1CC(=O)N(c2ccccc2)C1=O. The molecule has 2 heterocycles. The number of allylic oxidation sites excluding steroid dienone is 1. The zero-order valence-electron chi connectivity index (χ0n) is 12.9. The van der Waals surface area contributed by atoms with Crippen LogP contribution in [0.15, 0.2) is 41.6 Å². The Balaban J connectivity index is 1.97. The summed E-state index contributed by atoms with van der Waals surface area (Å²) in [5, 5.41) is 3.14. The van der Waals surface area contributed by atoms with Crippen LogP contribution in [0.5, 0.6) is 0 Å². The number of rotatable bonds is 3. The molecule has 120 valence electrons. The van der Waals surface area contributed by atoms with Crippen molar-refractivity contribution in [3.63, 3.8) is 0 Å². The topological polar surface area (TPSA) is 75.7 Å². The number of carbonyl (C=O) groups excluding carboxylic acids is 3. The Morgan fingerprint density at radius 1 is 1.26 bits per heavy atom. The van der Waals surface area contributed by atoms with Gasteiger partial charge in [-0.05, 0) is 25.0 Å². The van der Waals surface area contributed by atoms with Crippen LogP contribution < -0.4 is 10.2 Å². The zero-order chi connectivity index (χ0) is 16.4. The lowest BCUT2D eigenvalue weighted by Crippen LogP contribution is -2.32. The van der Waals surface area contributed by atoms with E-state index in [1.165, 1.54) is 7.11 Å². The van der Waals surface area contributed by atoms with Gasteiger partial charge in [0.15, 0.2) is 0 Å². The van der Waals surface area contributed by atoms with Gasteiger partial charge in [-0.15, -0.1) is 0 Å². The average Bonchev–Trinajstić information content (AvgIpc) is 3.18. The van der Waals surface area contributed by atoms with Crippen molar-refractivity contribution in [3.05, 3.63) is 41.6 Å². The number of carbonyl (C=O) groups is 3. The molecule has 0 bridgehead atoms. The molecule has 0 radical (unpaired) electrons. The maximum atomic E-state index is 12.8. The number of imide groups is 1. The summed E-state index contributed by atoms with van der Waals surface area (Å²) in [4.78, 5) is 38.4. The second kappa shape index (κ2) is 6.24. The fourth-order valence-electron chi connectivity index (χ4n) is 3.11. The van der Waals surface area contributed by atoms with E-state index in [0.29, 0.717) is 17.7 Å². The van der Waals surface area contributed by atoms with Gasteiger partial charge in [0.05, 0.1) is 24.3 Å². The van der Waals surface area contributed by atoms with E-state index < -0.39 is 11.9 Å². The van der Waals surface area contributed by atoms with Gasteiger partial charge in [0.25, 0.3) is 0 Å². The molecule has 0 saturated carbocycles. The number of nitrogens with one attached hydrogen (secondary N) is 1. The minimum absolute atomic E-state index is 0.0106. The summed E-state index contributed by atoms with van der Waals surface area (Å²) in [6.07, 6.45) is 1.57. The Bertz CT molecular complexity index is 673. The lowest BCUT2D eigenvalue weighted by atomic mass is 9.94. The predicted octanol–water partition coefficient (Wildman–Crippen LogP) is 1.38. The Hall–Kier alpha value is -2.63. The highest BCUT2D eigenvalue weighted by molar-refractivity contribution is 6.23. The van der Waals surface area contributed by atoms with Gasteiger partial charge >= 0.3 is 5.97 Å². The molecule has 1 aromatic rings. The molecule has 0 spiro atoms. The van der Waals surface area contributed by atoms with E-state index in [4.69, 9.17) is 4.74 Å². The molecule has 3 rings (SSSR count). The quantitative estimate of drug-likeness (QED) is 0.518. The molecule has 1 aromatic carbocycles. The summed E-state index contributed by atoms with van der Waals surface area (Å²) in [5.74, 6) is -2.00. The fourth-order valence-corrected chi connectivity index (χ4v) is 3.11. The van der Waals surface area contributed by atoms with Crippen molar-refractivity contribution >= 4 is 23.5 Å². The van der Waals surface area contributed by atoms with Crippen LogP contribution >= 0.6 is 0 Å². The van der Waals surface area contributed by atoms with Crippen molar-refractivity contribution in [2.45, 2.75) is 19.3 Å². The highest BCUT2D eigenvalue weighted by Crippen LogP contribution is 2.33. The molecular formula is C17H18N2O4. The van der Waals surface area contributed by atoms with Crippen molar-refractivity contribution < 1.29 is 19.1 Å². The fraction of sp³-hybridized carbons (Fsp3) is 0.353. The Morgan fingerprint density at radius 2 is 2.00 bits per heavy atom. The standard InChI is InChI=1S/C17H18N2O4/c1-23-17(22)15(13-8-5-9-18-13)12-10-14(20)19(16(12)21)11-6-3-2-4-7-11/h2-4,6-7,12,18H,5,8-10H2,1H3/b15-13+. The number of ether oxygens (including phenoxy) is 1. The number of anilines is 1. The van der Waals surface area contributed by atoms with Gasteiger partial charge in [0, 0.05) is 18.7 Å². The van der Waals surface area contributed by atoms with E-state index >= 15 is 0 Å². The van der Waals surface area contributed by atoms with Gasteiger partial charge in [0.2, 0.25) is 11.8 Å². The predicted molar refractivity (Wildman–Crippen MR) is 83.3 cm³/mol. The van der Waals surface area contributed by atoms with Crippen molar-refractivity contribution in [1.82, 2.24) is 5.32 Å². The van der Waals surface area contributed by atoms with E-state index in [-0.39, 0.29) is 18.2 Å². The molecule has 2 aliphatic heterocycles. The average molecular weight is 314 g/mol. The highest BCUT2D eigenvalue weighted by atomic mass is 16.5. The zero-order valence-corrected chi connectivity index (χ0v) is 12.9. The maximum absolute atomic E-state index is 12.8. The first-order chi connectivity index (χ1) is 11.1.